The topological polar surface area (TPSA) is 90.5 Å². The van der Waals surface area contributed by atoms with Gasteiger partial charge in [-0.25, -0.2) is 0 Å². The number of piperidine rings is 1. The normalized spacial score (nSPS) is 26.5. The summed E-state index contributed by atoms with van der Waals surface area (Å²) in [5, 5.41) is 9.40. The van der Waals surface area contributed by atoms with Gasteiger partial charge in [0.15, 0.2) is 0 Å². The third kappa shape index (κ3) is 3.82. The summed E-state index contributed by atoms with van der Waals surface area (Å²) in [5.74, 6) is -0.758. The van der Waals surface area contributed by atoms with Crippen molar-refractivity contribution < 1.29 is 14.4 Å². The van der Waals surface area contributed by atoms with E-state index in [1.54, 1.807) is 4.90 Å². The number of carbonyl (C=O) groups excluding carboxylic acids is 3. The molecule has 28 heavy (non-hydrogen) atoms. The van der Waals surface area contributed by atoms with E-state index >= 15 is 0 Å². The quantitative estimate of drug-likeness (QED) is 0.657. The van der Waals surface area contributed by atoms with Gasteiger partial charge in [0.25, 0.3) is 5.91 Å². The molecule has 1 aromatic rings. The number of carbonyl (C=O) groups is 3. The van der Waals surface area contributed by atoms with E-state index in [9.17, 15) is 14.4 Å². The molecule has 0 saturated carbocycles. The van der Waals surface area contributed by atoms with Crippen molar-refractivity contribution in [2.24, 2.45) is 5.41 Å². The Hall–Kier alpha value is -2.25. The molecule has 4 rings (SSSR count). The Morgan fingerprint density at radius 1 is 1.25 bits per heavy atom. The number of nitrogens with one attached hydrogen (secondary N) is 3. The second-order valence-electron chi connectivity index (χ2n) is 8.97. The lowest BCUT2D eigenvalue weighted by molar-refractivity contribution is -0.136. The zero-order valence-corrected chi connectivity index (χ0v) is 16.5. The molecule has 2 atom stereocenters. The van der Waals surface area contributed by atoms with Crippen LogP contribution < -0.4 is 16.0 Å². The lowest BCUT2D eigenvalue weighted by atomic mass is 9.91. The van der Waals surface area contributed by atoms with Crippen LogP contribution >= 0.6 is 0 Å². The van der Waals surface area contributed by atoms with Crippen molar-refractivity contribution >= 4 is 17.7 Å². The number of hydrogen-bond acceptors (Lipinski definition) is 5. The molecule has 0 bridgehead atoms. The van der Waals surface area contributed by atoms with Crippen LogP contribution in [0.4, 0.5) is 0 Å². The molecule has 2 saturated heterocycles. The highest BCUT2D eigenvalue weighted by molar-refractivity contribution is 6.05. The molecule has 0 aliphatic carbocycles. The third-order valence-corrected chi connectivity index (χ3v) is 5.98. The van der Waals surface area contributed by atoms with Gasteiger partial charge in [-0.05, 0) is 35.4 Å². The summed E-state index contributed by atoms with van der Waals surface area (Å²) in [6, 6.07) is 5.82. The Kier molecular flexibility index (Phi) is 4.97. The summed E-state index contributed by atoms with van der Waals surface area (Å²) in [4.78, 5) is 37.8. The first-order valence-electron chi connectivity index (χ1n) is 10.0. The number of hydrogen-bond donors (Lipinski definition) is 3. The summed E-state index contributed by atoms with van der Waals surface area (Å²) < 4.78 is 0. The highest BCUT2D eigenvalue weighted by atomic mass is 16.2. The average Bonchev–Trinajstić information content (AvgIpc) is 3.14. The second-order valence-corrected chi connectivity index (χ2v) is 8.97. The SMILES string of the molecule is CC1(C)CN[C@H](CNCc2ccc3c(c2)CN(C2CCC(=O)NC2=O)C3=O)C1. The van der Waals surface area contributed by atoms with Crippen LogP contribution in [0.3, 0.4) is 0 Å². The fourth-order valence-electron chi connectivity index (χ4n) is 4.50. The van der Waals surface area contributed by atoms with Gasteiger partial charge in [0.1, 0.15) is 6.04 Å². The van der Waals surface area contributed by atoms with Crippen molar-refractivity contribution in [3.8, 4) is 0 Å². The molecule has 0 spiro atoms. The molecule has 3 N–H and O–H groups in total. The summed E-state index contributed by atoms with van der Waals surface area (Å²) in [5.41, 5.74) is 3.11. The molecule has 3 heterocycles. The standard InChI is InChI=1S/C21H28N4O3/c1-21(2)8-15(23-12-21)10-22-9-13-3-4-16-14(7-13)11-25(20(16)28)17-5-6-18(26)24-19(17)27/h3-4,7,15,17,22-23H,5-6,8-12H2,1-2H3,(H,24,26,27)/t15-,17?/m0/s1. The number of imide groups is 1. The lowest BCUT2D eigenvalue weighted by Crippen LogP contribution is -2.52. The maximum atomic E-state index is 12.7. The number of benzene rings is 1. The number of fused-ring (bicyclic) bond motifs is 1. The van der Waals surface area contributed by atoms with E-state index in [0.717, 1.165) is 30.8 Å². The molecule has 1 aromatic carbocycles. The van der Waals surface area contributed by atoms with Crippen LogP contribution in [0.2, 0.25) is 0 Å². The van der Waals surface area contributed by atoms with Gasteiger partial charge in [0.2, 0.25) is 11.8 Å². The van der Waals surface area contributed by atoms with E-state index < -0.39 is 6.04 Å². The maximum Gasteiger partial charge on any atom is 0.255 e. The minimum atomic E-state index is -0.559. The van der Waals surface area contributed by atoms with E-state index in [1.807, 2.05) is 12.1 Å². The van der Waals surface area contributed by atoms with Gasteiger partial charge in [-0.2, -0.15) is 0 Å². The molecule has 3 aliphatic rings. The molecule has 0 radical (unpaired) electrons. The van der Waals surface area contributed by atoms with Crippen LogP contribution in [-0.2, 0) is 22.7 Å². The summed E-state index contributed by atoms with van der Waals surface area (Å²) in [6.07, 6.45) is 1.83. The molecule has 2 fully saturated rings. The third-order valence-electron chi connectivity index (χ3n) is 5.98. The van der Waals surface area contributed by atoms with E-state index in [-0.39, 0.29) is 24.1 Å². The average molecular weight is 384 g/mol. The van der Waals surface area contributed by atoms with Gasteiger partial charge in [0.05, 0.1) is 0 Å². The Labute approximate surface area is 165 Å². The monoisotopic (exact) mass is 384 g/mol. The van der Waals surface area contributed by atoms with Crippen LogP contribution in [0.15, 0.2) is 18.2 Å². The Balaban J connectivity index is 1.36. The van der Waals surface area contributed by atoms with Crippen molar-refractivity contribution in [1.29, 1.82) is 0 Å². The van der Waals surface area contributed by atoms with Gasteiger partial charge >= 0.3 is 0 Å². The first kappa shape index (κ1) is 19.1. The van der Waals surface area contributed by atoms with E-state index in [4.69, 9.17) is 0 Å². The molecule has 7 heteroatoms. The molecular formula is C21H28N4O3. The predicted molar refractivity (Wildman–Crippen MR) is 104 cm³/mol. The van der Waals surface area contributed by atoms with Crippen LogP contribution in [-0.4, -0.2) is 47.8 Å². The lowest BCUT2D eigenvalue weighted by Gasteiger charge is -2.29. The largest absolute Gasteiger partial charge is 0.322 e. The van der Waals surface area contributed by atoms with Crippen LogP contribution in [0.25, 0.3) is 0 Å². The van der Waals surface area contributed by atoms with Crippen molar-refractivity contribution in [2.45, 2.75) is 58.3 Å². The fourth-order valence-corrected chi connectivity index (χ4v) is 4.50. The zero-order chi connectivity index (χ0) is 19.9. The van der Waals surface area contributed by atoms with Gasteiger partial charge in [0, 0.05) is 44.2 Å². The first-order chi connectivity index (χ1) is 13.3. The second kappa shape index (κ2) is 7.29. The molecule has 150 valence electrons. The van der Waals surface area contributed by atoms with E-state index in [2.05, 4.69) is 35.9 Å². The number of amides is 3. The van der Waals surface area contributed by atoms with Gasteiger partial charge in [-0.3, -0.25) is 19.7 Å². The van der Waals surface area contributed by atoms with Gasteiger partial charge in [-0.15, -0.1) is 0 Å². The molecule has 3 amide bonds. The summed E-state index contributed by atoms with van der Waals surface area (Å²) in [7, 11) is 0. The first-order valence-corrected chi connectivity index (χ1v) is 10.0. The Bertz CT molecular complexity index is 820. The summed E-state index contributed by atoms with van der Waals surface area (Å²) >= 11 is 0. The number of rotatable bonds is 5. The zero-order valence-electron chi connectivity index (χ0n) is 16.5. The fraction of sp³-hybridized carbons (Fsp3) is 0.571. The molecular weight excluding hydrogens is 356 g/mol. The number of nitrogens with zero attached hydrogens (tertiary/aromatic N) is 1. The highest BCUT2D eigenvalue weighted by Gasteiger charge is 2.39. The van der Waals surface area contributed by atoms with Crippen molar-refractivity contribution in [3.05, 3.63) is 34.9 Å². The van der Waals surface area contributed by atoms with Crippen LogP contribution in [0.5, 0.6) is 0 Å². The van der Waals surface area contributed by atoms with Crippen LogP contribution in [0, 0.1) is 5.41 Å². The Morgan fingerprint density at radius 2 is 2.07 bits per heavy atom. The van der Waals surface area contributed by atoms with Crippen molar-refractivity contribution in [1.82, 2.24) is 20.9 Å². The Morgan fingerprint density at radius 3 is 2.79 bits per heavy atom. The van der Waals surface area contributed by atoms with E-state index in [0.29, 0.717) is 30.0 Å². The molecule has 1 unspecified atom stereocenters. The molecule has 0 aromatic heterocycles. The van der Waals surface area contributed by atoms with Crippen molar-refractivity contribution in [3.63, 3.8) is 0 Å². The molecule has 3 aliphatic heterocycles. The maximum absolute atomic E-state index is 12.7. The minimum absolute atomic E-state index is 0.124. The minimum Gasteiger partial charge on any atom is -0.322 e. The van der Waals surface area contributed by atoms with Crippen molar-refractivity contribution in [2.75, 3.05) is 13.1 Å². The summed E-state index contributed by atoms with van der Waals surface area (Å²) in [6.45, 7) is 7.71. The predicted octanol–water partition coefficient (Wildman–Crippen LogP) is 0.925. The molecule has 7 nitrogen and oxygen atoms in total. The van der Waals surface area contributed by atoms with Crippen LogP contribution in [0.1, 0.15) is 54.6 Å². The smallest absolute Gasteiger partial charge is 0.255 e. The van der Waals surface area contributed by atoms with Gasteiger partial charge in [-0.1, -0.05) is 26.0 Å². The van der Waals surface area contributed by atoms with Gasteiger partial charge < -0.3 is 15.5 Å². The van der Waals surface area contributed by atoms with E-state index in [1.165, 1.54) is 6.42 Å². The highest BCUT2D eigenvalue weighted by Crippen LogP contribution is 2.29.